The van der Waals surface area contributed by atoms with E-state index in [0.717, 1.165) is 17.8 Å². The Morgan fingerprint density at radius 3 is 2.59 bits per heavy atom. The zero-order chi connectivity index (χ0) is 21.4. The molecule has 0 saturated heterocycles. The normalized spacial score (nSPS) is 15.6. The van der Waals surface area contributed by atoms with Gasteiger partial charge in [-0.25, -0.2) is 4.79 Å². The Morgan fingerprint density at radius 2 is 1.97 bits per heavy atom. The first-order chi connectivity index (χ1) is 13.8. The van der Waals surface area contributed by atoms with Gasteiger partial charge in [0.25, 0.3) is 11.8 Å². The first kappa shape index (κ1) is 22.6. The van der Waals surface area contributed by atoms with E-state index in [1.807, 2.05) is 12.2 Å². The molecule has 1 aliphatic carbocycles. The van der Waals surface area contributed by atoms with Gasteiger partial charge < -0.3 is 25.3 Å². The molecule has 1 aromatic heterocycles. The number of esters is 2. The third-order valence-corrected chi connectivity index (χ3v) is 5.52. The monoisotopic (exact) mass is 424 g/mol. The number of primary amides is 1. The number of hydrogen-bond donors (Lipinski definition) is 2. The Balaban J connectivity index is 2.05. The molecule has 1 aromatic rings. The van der Waals surface area contributed by atoms with Crippen molar-refractivity contribution in [2.75, 3.05) is 32.2 Å². The number of methoxy groups -OCH3 is 1. The minimum atomic E-state index is -0.726. The van der Waals surface area contributed by atoms with Crippen LogP contribution in [-0.4, -0.2) is 50.7 Å². The average molecular weight is 424 g/mol. The van der Waals surface area contributed by atoms with Gasteiger partial charge in [0.2, 0.25) is 0 Å². The molecule has 9 nitrogen and oxygen atoms in total. The van der Waals surface area contributed by atoms with E-state index in [4.69, 9.17) is 19.9 Å². The lowest BCUT2D eigenvalue weighted by Crippen LogP contribution is -2.25. The maximum atomic E-state index is 12.4. The summed E-state index contributed by atoms with van der Waals surface area (Å²) in [6.07, 6.45) is 5.98. The van der Waals surface area contributed by atoms with Gasteiger partial charge in [-0.3, -0.25) is 14.4 Å². The molecule has 1 unspecified atom stereocenters. The van der Waals surface area contributed by atoms with Crippen molar-refractivity contribution in [3.05, 3.63) is 28.2 Å². The molecule has 29 heavy (non-hydrogen) atoms. The van der Waals surface area contributed by atoms with E-state index >= 15 is 0 Å². The highest BCUT2D eigenvalue weighted by Gasteiger charge is 2.26. The van der Waals surface area contributed by atoms with Crippen LogP contribution in [0.15, 0.2) is 12.2 Å². The number of nitrogens with one attached hydrogen (secondary N) is 1. The second-order valence-corrected chi connectivity index (χ2v) is 7.41. The summed E-state index contributed by atoms with van der Waals surface area (Å²) in [6, 6.07) is 0. The highest BCUT2D eigenvalue weighted by Crippen LogP contribution is 2.33. The molecule has 0 radical (unpaired) electrons. The van der Waals surface area contributed by atoms with Crippen LogP contribution in [0.2, 0.25) is 0 Å². The topological polar surface area (TPSA) is 134 Å². The number of carbonyl (C=O) groups excluding carboxylic acids is 4. The van der Waals surface area contributed by atoms with E-state index in [-0.39, 0.29) is 34.6 Å². The van der Waals surface area contributed by atoms with Crippen LogP contribution in [0.4, 0.5) is 5.00 Å². The molecule has 1 aliphatic rings. The number of thiophene rings is 1. The Morgan fingerprint density at radius 1 is 1.21 bits per heavy atom. The van der Waals surface area contributed by atoms with Gasteiger partial charge in [0, 0.05) is 7.11 Å². The summed E-state index contributed by atoms with van der Waals surface area (Å²) in [4.78, 5) is 48.4. The fourth-order valence-electron chi connectivity index (χ4n) is 2.80. The third kappa shape index (κ3) is 6.13. The fourth-order valence-corrected chi connectivity index (χ4v) is 3.86. The van der Waals surface area contributed by atoms with Gasteiger partial charge in [-0.05, 0) is 31.7 Å². The molecule has 0 aromatic carbocycles. The second kappa shape index (κ2) is 10.7. The van der Waals surface area contributed by atoms with Crippen LogP contribution in [0.1, 0.15) is 44.9 Å². The van der Waals surface area contributed by atoms with Crippen LogP contribution in [0.25, 0.3) is 0 Å². The Kier molecular flexibility index (Phi) is 8.34. The van der Waals surface area contributed by atoms with E-state index in [0.29, 0.717) is 18.4 Å². The lowest BCUT2D eigenvalue weighted by Gasteiger charge is -2.16. The largest absolute Gasteiger partial charge is 0.460 e. The van der Waals surface area contributed by atoms with Gasteiger partial charge in [0.15, 0.2) is 6.61 Å². The number of allylic oxidation sites excluding steroid dienone is 2. The van der Waals surface area contributed by atoms with E-state index < -0.39 is 30.4 Å². The van der Waals surface area contributed by atoms with E-state index in [2.05, 4.69) is 5.32 Å². The molecule has 1 atom stereocenters. The number of anilines is 1. The van der Waals surface area contributed by atoms with Gasteiger partial charge >= 0.3 is 11.9 Å². The molecule has 0 spiro atoms. The van der Waals surface area contributed by atoms with Gasteiger partial charge in [-0.2, -0.15) is 0 Å². The summed E-state index contributed by atoms with van der Waals surface area (Å²) in [7, 11) is 1.46. The minimum absolute atomic E-state index is 0.0113. The average Bonchev–Trinajstić information content (AvgIpc) is 3.03. The Labute approximate surface area is 172 Å². The summed E-state index contributed by atoms with van der Waals surface area (Å²) in [6.45, 7) is 1.25. The van der Waals surface area contributed by atoms with Gasteiger partial charge in [-0.15, -0.1) is 11.3 Å². The number of hydrogen-bond acceptors (Lipinski definition) is 8. The van der Waals surface area contributed by atoms with Crippen LogP contribution in [-0.2, 0) is 23.8 Å². The highest BCUT2D eigenvalue weighted by molar-refractivity contribution is 7.18. The smallest absolute Gasteiger partial charge is 0.341 e. The highest BCUT2D eigenvalue weighted by atomic mass is 32.1. The number of nitrogens with two attached hydrogens (primary N) is 1. The van der Waals surface area contributed by atoms with Crippen LogP contribution >= 0.6 is 11.3 Å². The number of amides is 2. The second-order valence-electron chi connectivity index (χ2n) is 6.39. The predicted octanol–water partition coefficient (Wildman–Crippen LogP) is 1.80. The molecule has 2 rings (SSSR count). The van der Waals surface area contributed by atoms with Crippen molar-refractivity contribution in [3.63, 3.8) is 0 Å². The Bertz CT molecular complexity index is 816. The van der Waals surface area contributed by atoms with Crippen molar-refractivity contribution in [2.45, 2.75) is 26.2 Å². The summed E-state index contributed by atoms with van der Waals surface area (Å²) in [5, 5.41) is 2.62. The molecule has 0 aliphatic heterocycles. The predicted molar refractivity (Wildman–Crippen MR) is 106 cm³/mol. The molecular weight excluding hydrogens is 400 g/mol. The first-order valence-electron chi connectivity index (χ1n) is 9.05. The molecule has 0 saturated carbocycles. The van der Waals surface area contributed by atoms with Crippen LogP contribution in [0.3, 0.4) is 0 Å². The number of carbonyl (C=O) groups is 4. The van der Waals surface area contributed by atoms with Crippen LogP contribution in [0.5, 0.6) is 0 Å². The van der Waals surface area contributed by atoms with Gasteiger partial charge in [-0.1, -0.05) is 12.2 Å². The quantitative estimate of drug-likeness (QED) is 0.351. The van der Waals surface area contributed by atoms with Crippen molar-refractivity contribution in [2.24, 2.45) is 11.7 Å². The van der Waals surface area contributed by atoms with Crippen molar-refractivity contribution in [1.82, 2.24) is 0 Å². The lowest BCUT2D eigenvalue weighted by atomic mass is 9.95. The van der Waals surface area contributed by atoms with Crippen molar-refractivity contribution >= 4 is 40.1 Å². The standard InChI is InChI=1S/C19H24N2O7S/c1-11-14(19(25)27-9-8-26-2)17(29-15(11)16(20)23)21-13(22)10-28-18(24)12-6-4-3-5-7-12/h3-4,12H,5-10H2,1-2H3,(H2,20,23)(H,21,22). The number of rotatable bonds is 9. The fraction of sp³-hybridized carbons (Fsp3) is 0.474. The van der Waals surface area contributed by atoms with E-state index in [1.54, 1.807) is 0 Å². The molecule has 10 heteroatoms. The van der Waals surface area contributed by atoms with Crippen LogP contribution < -0.4 is 11.1 Å². The first-order valence-corrected chi connectivity index (χ1v) is 9.87. The minimum Gasteiger partial charge on any atom is -0.460 e. The molecular formula is C19H24N2O7S. The molecule has 158 valence electrons. The zero-order valence-corrected chi connectivity index (χ0v) is 17.1. The van der Waals surface area contributed by atoms with Crippen molar-refractivity contribution in [1.29, 1.82) is 0 Å². The SMILES string of the molecule is COCCOC(=O)c1c(NC(=O)COC(=O)C2CC=CCC2)sc(C(N)=O)c1C. The third-order valence-electron chi connectivity index (χ3n) is 4.30. The van der Waals surface area contributed by atoms with Gasteiger partial charge in [0.1, 0.15) is 11.6 Å². The van der Waals surface area contributed by atoms with E-state index in [9.17, 15) is 19.2 Å². The lowest BCUT2D eigenvalue weighted by molar-refractivity contribution is -0.151. The summed E-state index contributed by atoms with van der Waals surface area (Å²) < 4.78 is 15.0. The summed E-state index contributed by atoms with van der Waals surface area (Å²) in [5.41, 5.74) is 5.69. The molecule has 0 bridgehead atoms. The molecule has 0 fully saturated rings. The maximum Gasteiger partial charge on any atom is 0.341 e. The summed E-state index contributed by atoms with van der Waals surface area (Å²) in [5.74, 6) is -2.78. The summed E-state index contributed by atoms with van der Waals surface area (Å²) >= 11 is 0.864. The van der Waals surface area contributed by atoms with E-state index in [1.165, 1.54) is 14.0 Å². The zero-order valence-electron chi connectivity index (χ0n) is 16.3. The number of ether oxygens (including phenoxy) is 3. The molecule has 2 amide bonds. The molecule has 1 heterocycles. The maximum absolute atomic E-state index is 12.4. The van der Waals surface area contributed by atoms with Gasteiger partial charge in [0.05, 0.1) is 23.0 Å². The Hall–Kier alpha value is -2.72. The molecule has 3 N–H and O–H groups in total. The van der Waals surface area contributed by atoms with Crippen LogP contribution in [0, 0.1) is 12.8 Å². The van der Waals surface area contributed by atoms with Crippen molar-refractivity contribution < 1.29 is 33.4 Å². The van der Waals surface area contributed by atoms with Crippen molar-refractivity contribution in [3.8, 4) is 0 Å².